The van der Waals surface area contributed by atoms with Crippen molar-refractivity contribution in [2.45, 2.75) is 44.1 Å². The molecule has 1 fully saturated rings. The van der Waals surface area contributed by atoms with E-state index >= 15 is 0 Å². The Morgan fingerprint density at radius 2 is 1.47 bits per heavy atom. The highest BCUT2D eigenvalue weighted by Gasteiger charge is 2.61. The second kappa shape index (κ2) is 5.38. The molecule has 110 valence electrons. The maximum absolute atomic E-state index is 12.2. The Morgan fingerprint density at radius 1 is 1.05 bits per heavy atom. The number of ketones is 1. The number of halogens is 6. The standard InChI is InChI=1S/C10H11F6NO2/c11-9(12,13)7(10(14,15)16)8(19)17-5-1-3-6(18)4-2-5/h5,7H,1-4H2,(H,17,19). The lowest BCUT2D eigenvalue weighted by molar-refractivity contribution is -0.274. The Labute approximate surface area is 104 Å². The molecule has 1 rings (SSSR count). The Balaban J connectivity index is 2.71. The minimum atomic E-state index is -5.69. The largest absolute Gasteiger partial charge is 0.409 e. The number of Topliss-reactive ketones (excluding diaryl/α,β-unsaturated/α-hetero) is 1. The molecule has 0 spiro atoms. The van der Waals surface area contributed by atoms with Crippen LogP contribution in [-0.2, 0) is 9.59 Å². The molecular formula is C10H11F6NO2. The van der Waals surface area contributed by atoms with Crippen LogP contribution in [0, 0.1) is 5.92 Å². The molecule has 0 aromatic rings. The van der Waals surface area contributed by atoms with E-state index in [2.05, 4.69) is 0 Å². The summed E-state index contributed by atoms with van der Waals surface area (Å²) in [6.07, 6.45) is -11.2. The zero-order chi connectivity index (χ0) is 14.8. The molecule has 0 radical (unpaired) electrons. The number of rotatable bonds is 2. The summed E-state index contributed by atoms with van der Waals surface area (Å²) < 4.78 is 73.5. The van der Waals surface area contributed by atoms with E-state index in [-0.39, 0.29) is 31.5 Å². The van der Waals surface area contributed by atoms with Crippen LogP contribution in [0.25, 0.3) is 0 Å². The lowest BCUT2D eigenvalue weighted by Gasteiger charge is -2.27. The minimum Gasteiger partial charge on any atom is -0.353 e. The summed E-state index contributed by atoms with van der Waals surface area (Å²) in [6.45, 7) is 0. The second-order valence-corrected chi connectivity index (χ2v) is 4.34. The Bertz CT molecular complexity index is 338. The number of amides is 1. The highest BCUT2D eigenvalue weighted by molar-refractivity contribution is 5.82. The summed E-state index contributed by atoms with van der Waals surface area (Å²) in [5, 5.41) is 1.72. The number of nitrogens with one attached hydrogen (secondary N) is 1. The van der Waals surface area contributed by atoms with Crippen LogP contribution in [0.15, 0.2) is 0 Å². The number of alkyl halides is 6. The molecule has 19 heavy (non-hydrogen) atoms. The quantitative estimate of drug-likeness (QED) is 0.794. The smallest absolute Gasteiger partial charge is 0.353 e. The van der Waals surface area contributed by atoms with Gasteiger partial charge in [0.2, 0.25) is 11.8 Å². The Hall–Kier alpha value is -1.28. The molecule has 9 heteroatoms. The number of hydrogen-bond donors (Lipinski definition) is 1. The molecule has 1 aliphatic carbocycles. The lowest BCUT2D eigenvalue weighted by Crippen LogP contribution is -2.51. The van der Waals surface area contributed by atoms with Crippen LogP contribution in [-0.4, -0.2) is 30.1 Å². The molecule has 1 aliphatic rings. The zero-order valence-corrected chi connectivity index (χ0v) is 9.57. The molecule has 0 unspecified atom stereocenters. The number of carbonyl (C=O) groups excluding carboxylic acids is 2. The highest BCUT2D eigenvalue weighted by atomic mass is 19.4. The predicted molar refractivity (Wildman–Crippen MR) is 51.0 cm³/mol. The van der Waals surface area contributed by atoms with Gasteiger partial charge >= 0.3 is 12.4 Å². The van der Waals surface area contributed by atoms with E-state index in [1.807, 2.05) is 0 Å². The second-order valence-electron chi connectivity index (χ2n) is 4.34. The SMILES string of the molecule is O=C1CCC(NC(=O)C(C(F)(F)F)C(F)(F)F)CC1. The van der Waals surface area contributed by atoms with Gasteiger partial charge in [-0.3, -0.25) is 9.59 Å². The summed E-state index contributed by atoms with van der Waals surface area (Å²) in [5.74, 6) is -6.26. The molecule has 0 aromatic carbocycles. The van der Waals surface area contributed by atoms with Gasteiger partial charge in [-0.1, -0.05) is 0 Å². The maximum atomic E-state index is 12.2. The van der Waals surface area contributed by atoms with E-state index < -0.39 is 30.2 Å². The maximum Gasteiger partial charge on any atom is 0.409 e. The molecule has 0 atom stereocenters. The molecule has 3 nitrogen and oxygen atoms in total. The molecule has 1 amide bonds. The van der Waals surface area contributed by atoms with Gasteiger partial charge in [-0.25, -0.2) is 0 Å². The van der Waals surface area contributed by atoms with Crippen LogP contribution in [0.3, 0.4) is 0 Å². The van der Waals surface area contributed by atoms with Crippen molar-refractivity contribution in [2.24, 2.45) is 5.92 Å². The fraction of sp³-hybridized carbons (Fsp3) is 0.800. The van der Waals surface area contributed by atoms with Crippen LogP contribution in [0.1, 0.15) is 25.7 Å². The summed E-state index contributed by atoms with van der Waals surface area (Å²) >= 11 is 0. The van der Waals surface area contributed by atoms with Crippen LogP contribution < -0.4 is 5.32 Å². The normalized spacial score (nSPS) is 18.8. The van der Waals surface area contributed by atoms with Crippen molar-refractivity contribution in [1.29, 1.82) is 0 Å². The monoisotopic (exact) mass is 291 g/mol. The zero-order valence-electron chi connectivity index (χ0n) is 9.57. The molecular weight excluding hydrogens is 280 g/mol. The van der Waals surface area contributed by atoms with Gasteiger partial charge in [0.15, 0.2) is 0 Å². The molecule has 1 saturated carbocycles. The van der Waals surface area contributed by atoms with Crippen molar-refractivity contribution in [3.63, 3.8) is 0 Å². The molecule has 1 N–H and O–H groups in total. The van der Waals surface area contributed by atoms with Crippen LogP contribution in [0.5, 0.6) is 0 Å². The first-order chi connectivity index (χ1) is 8.51. The molecule has 0 bridgehead atoms. The number of carbonyl (C=O) groups is 2. The topological polar surface area (TPSA) is 46.2 Å². The Kier molecular flexibility index (Phi) is 4.46. The summed E-state index contributed by atoms with van der Waals surface area (Å²) in [5.41, 5.74) is 0. The lowest BCUT2D eigenvalue weighted by atomic mass is 9.93. The van der Waals surface area contributed by atoms with Crippen LogP contribution in [0.4, 0.5) is 26.3 Å². The van der Waals surface area contributed by atoms with E-state index in [4.69, 9.17) is 0 Å². The highest BCUT2D eigenvalue weighted by Crippen LogP contribution is 2.39. The van der Waals surface area contributed by atoms with Crippen molar-refractivity contribution in [1.82, 2.24) is 5.32 Å². The van der Waals surface area contributed by atoms with Crippen LogP contribution >= 0.6 is 0 Å². The van der Waals surface area contributed by atoms with Gasteiger partial charge in [0.1, 0.15) is 5.78 Å². The molecule has 0 heterocycles. The van der Waals surface area contributed by atoms with E-state index in [1.165, 1.54) is 0 Å². The van der Waals surface area contributed by atoms with Gasteiger partial charge in [0, 0.05) is 18.9 Å². The number of hydrogen-bond acceptors (Lipinski definition) is 2. The third-order valence-electron chi connectivity index (χ3n) is 2.81. The first-order valence-electron chi connectivity index (χ1n) is 5.47. The molecule has 0 aliphatic heterocycles. The van der Waals surface area contributed by atoms with E-state index in [0.29, 0.717) is 0 Å². The predicted octanol–water partition coefficient (Wildman–Crippen LogP) is 2.36. The van der Waals surface area contributed by atoms with Gasteiger partial charge in [0.25, 0.3) is 0 Å². The minimum absolute atomic E-state index is 0.0493. The van der Waals surface area contributed by atoms with E-state index in [9.17, 15) is 35.9 Å². The van der Waals surface area contributed by atoms with Gasteiger partial charge in [-0.05, 0) is 12.8 Å². The van der Waals surface area contributed by atoms with E-state index in [1.54, 1.807) is 5.32 Å². The summed E-state index contributed by atoms with van der Waals surface area (Å²) in [4.78, 5) is 22.0. The van der Waals surface area contributed by atoms with Gasteiger partial charge < -0.3 is 5.32 Å². The summed E-state index contributed by atoms with van der Waals surface area (Å²) in [6, 6.07) is -0.822. The van der Waals surface area contributed by atoms with Gasteiger partial charge in [0.05, 0.1) is 0 Å². The summed E-state index contributed by atoms with van der Waals surface area (Å²) in [7, 11) is 0. The molecule has 0 aromatic heterocycles. The van der Waals surface area contributed by atoms with Crippen molar-refractivity contribution in [2.75, 3.05) is 0 Å². The first-order valence-corrected chi connectivity index (χ1v) is 5.47. The van der Waals surface area contributed by atoms with Crippen molar-refractivity contribution in [3.05, 3.63) is 0 Å². The fourth-order valence-electron chi connectivity index (χ4n) is 1.85. The van der Waals surface area contributed by atoms with Gasteiger partial charge in [-0.15, -0.1) is 0 Å². The van der Waals surface area contributed by atoms with Gasteiger partial charge in [-0.2, -0.15) is 26.3 Å². The Morgan fingerprint density at radius 3 is 1.84 bits per heavy atom. The van der Waals surface area contributed by atoms with Crippen molar-refractivity contribution < 1.29 is 35.9 Å². The third kappa shape index (κ3) is 4.39. The van der Waals surface area contributed by atoms with Crippen molar-refractivity contribution >= 4 is 11.7 Å². The first kappa shape index (κ1) is 15.8. The van der Waals surface area contributed by atoms with Crippen molar-refractivity contribution in [3.8, 4) is 0 Å². The fourth-order valence-corrected chi connectivity index (χ4v) is 1.85. The average Bonchev–Trinajstić information content (AvgIpc) is 2.16. The average molecular weight is 291 g/mol. The van der Waals surface area contributed by atoms with E-state index in [0.717, 1.165) is 0 Å². The third-order valence-corrected chi connectivity index (χ3v) is 2.81. The van der Waals surface area contributed by atoms with Crippen LogP contribution in [0.2, 0.25) is 0 Å². The molecule has 0 saturated heterocycles.